The van der Waals surface area contributed by atoms with E-state index < -0.39 is 18.2 Å². The summed E-state index contributed by atoms with van der Waals surface area (Å²) in [6.07, 6.45) is -0.845. The van der Waals surface area contributed by atoms with Gasteiger partial charge in [0.1, 0.15) is 0 Å². The molecule has 1 N–H and O–H groups in total. The van der Waals surface area contributed by atoms with E-state index in [0.29, 0.717) is 6.29 Å². The number of hydrogen-bond donors (Lipinski definition) is 1. The molecule has 0 saturated heterocycles. The lowest BCUT2D eigenvalue weighted by molar-refractivity contribution is -0.155. The first-order valence-electron chi connectivity index (χ1n) is 4.33. The number of rotatable bonds is 6. The molecule has 0 bridgehead atoms. The summed E-state index contributed by atoms with van der Waals surface area (Å²) in [7, 11) is 1.42. The highest BCUT2D eigenvalue weighted by atomic mass is 16.5. The van der Waals surface area contributed by atoms with Crippen LogP contribution >= 0.6 is 0 Å². The third kappa shape index (κ3) is 3.85. The van der Waals surface area contributed by atoms with Crippen LogP contribution in [0.4, 0.5) is 0 Å². The fourth-order valence-corrected chi connectivity index (χ4v) is 1.12. The van der Waals surface area contributed by atoms with Crippen LogP contribution in [0.25, 0.3) is 0 Å². The highest BCUT2D eigenvalue weighted by molar-refractivity contribution is 5.70. The standard InChI is InChI=1S/C9H16O5/c1-6(8(4-10)13-3)9(5-11)14-7(2)12/h5-6,8-10H,4H2,1-3H3/t6-,8+,9+/m1/s1. The van der Waals surface area contributed by atoms with Crippen molar-refractivity contribution in [3.63, 3.8) is 0 Å². The van der Waals surface area contributed by atoms with E-state index in [1.807, 2.05) is 0 Å². The van der Waals surface area contributed by atoms with Crippen molar-refractivity contribution in [2.45, 2.75) is 26.1 Å². The van der Waals surface area contributed by atoms with Gasteiger partial charge >= 0.3 is 5.97 Å². The average molecular weight is 204 g/mol. The molecule has 0 fully saturated rings. The quantitative estimate of drug-likeness (QED) is 0.477. The molecular weight excluding hydrogens is 188 g/mol. The summed E-state index contributed by atoms with van der Waals surface area (Å²) >= 11 is 0. The Balaban J connectivity index is 4.34. The van der Waals surface area contributed by atoms with Crippen LogP contribution in [0.1, 0.15) is 13.8 Å². The minimum Gasteiger partial charge on any atom is -0.454 e. The van der Waals surface area contributed by atoms with Gasteiger partial charge in [0.2, 0.25) is 0 Å². The number of carbonyl (C=O) groups excluding carboxylic acids is 2. The number of aliphatic hydroxyl groups is 1. The lowest BCUT2D eigenvalue weighted by Crippen LogP contribution is -2.37. The van der Waals surface area contributed by atoms with Gasteiger partial charge in [0.25, 0.3) is 0 Å². The second-order valence-corrected chi connectivity index (χ2v) is 3.03. The van der Waals surface area contributed by atoms with Gasteiger partial charge in [0.15, 0.2) is 12.4 Å². The van der Waals surface area contributed by atoms with Crippen molar-refractivity contribution in [1.82, 2.24) is 0 Å². The van der Waals surface area contributed by atoms with Crippen LogP contribution in [0.2, 0.25) is 0 Å². The molecule has 0 heterocycles. The lowest BCUT2D eigenvalue weighted by atomic mass is 9.99. The summed E-state index contributed by atoms with van der Waals surface area (Å²) in [4.78, 5) is 21.2. The molecule has 0 aliphatic heterocycles. The molecule has 5 heteroatoms. The van der Waals surface area contributed by atoms with Gasteiger partial charge in [-0.05, 0) is 0 Å². The molecule has 0 aromatic rings. The maximum absolute atomic E-state index is 10.6. The van der Waals surface area contributed by atoms with E-state index in [9.17, 15) is 9.59 Å². The van der Waals surface area contributed by atoms with Crippen molar-refractivity contribution < 1.29 is 24.2 Å². The summed E-state index contributed by atoms with van der Waals surface area (Å²) in [6.45, 7) is 2.68. The molecule has 0 spiro atoms. The van der Waals surface area contributed by atoms with Gasteiger partial charge in [0.05, 0.1) is 12.7 Å². The normalized spacial score (nSPS) is 16.9. The number of ether oxygens (including phenoxy) is 2. The van der Waals surface area contributed by atoms with Crippen LogP contribution in [-0.4, -0.2) is 43.3 Å². The SMILES string of the molecule is CO[C@@H](CO)[C@@H](C)[C@H](C=O)OC(C)=O. The van der Waals surface area contributed by atoms with Crippen molar-refractivity contribution in [2.24, 2.45) is 5.92 Å². The highest BCUT2D eigenvalue weighted by Crippen LogP contribution is 2.13. The largest absolute Gasteiger partial charge is 0.454 e. The molecule has 0 aromatic heterocycles. The van der Waals surface area contributed by atoms with Gasteiger partial charge in [-0.1, -0.05) is 6.92 Å². The zero-order valence-electron chi connectivity index (χ0n) is 8.60. The first-order chi connectivity index (χ1) is 6.56. The molecule has 0 rings (SSSR count). The summed E-state index contributed by atoms with van der Waals surface area (Å²) in [5, 5.41) is 8.89. The third-order valence-electron chi connectivity index (χ3n) is 2.02. The third-order valence-corrected chi connectivity index (χ3v) is 2.02. The monoisotopic (exact) mass is 204 g/mol. The molecule has 0 unspecified atom stereocenters. The summed E-state index contributed by atoms with van der Waals surface area (Å²) in [6, 6.07) is 0. The van der Waals surface area contributed by atoms with Gasteiger partial charge in [-0.3, -0.25) is 9.59 Å². The lowest BCUT2D eigenvalue weighted by Gasteiger charge is -2.24. The van der Waals surface area contributed by atoms with Crippen LogP contribution in [0, 0.1) is 5.92 Å². The van der Waals surface area contributed by atoms with Gasteiger partial charge in [-0.2, -0.15) is 0 Å². The average Bonchev–Trinajstić information content (AvgIpc) is 2.15. The zero-order chi connectivity index (χ0) is 11.1. The number of methoxy groups -OCH3 is 1. The fraction of sp³-hybridized carbons (Fsp3) is 0.778. The van der Waals surface area contributed by atoms with E-state index in [1.54, 1.807) is 6.92 Å². The molecular formula is C9H16O5. The molecule has 0 amide bonds. The van der Waals surface area contributed by atoms with E-state index in [1.165, 1.54) is 14.0 Å². The van der Waals surface area contributed by atoms with Crippen LogP contribution in [0.3, 0.4) is 0 Å². The van der Waals surface area contributed by atoms with E-state index in [0.717, 1.165) is 0 Å². The van der Waals surface area contributed by atoms with Gasteiger partial charge < -0.3 is 14.6 Å². The smallest absolute Gasteiger partial charge is 0.303 e. The highest BCUT2D eigenvalue weighted by Gasteiger charge is 2.27. The van der Waals surface area contributed by atoms with Crippen molar-refractivity contribution in [3.8, 4) is 0 Å². The fourth-order valence-electron chi connectivity index (χ4n) is 1.12. The molecule has 0 radical (unpaired) electrons. The Labute approximate surface area is 83.0 Å². The summed E-state index contributed by atoms with van der Waals surface area (Å²) in [5.41, 5.74) is 0. The zero-order valence-corrected chi connectivity index (χ0v) is 8.60. The maximum atomic E-state index is 10.6. The second-order valence-electron chi connectivity index (χ2n) is 3.03. The number of esters is 1. The van der Waals surface area contributed by atoms with Crippen molar-refractivity contribution >= 4 is 12.3 Å². The predicted octanol–water partition coefficient (Wildman–Crippen LogP) is -0.240. The topological polar surface area (TPSA) is 72.8 Å². The number of aliphatic hydroxyl groups excluding tert-OH is 1. The Bertz CT molecular complexity index is 188. The molecule has 0 aromatic carbocycles. The van der Waals surface area contributed by atoms with Gasteiger partial charge in [-0.25, -0.2) is 0 Å². The number of hydrogen-bond acceptors (Lipinski definition) is 5. The number of carbonyl (C=O) groups is 2. The predicted molar refractivity (Wildman–Crippen MR) is 48.7 cm³/mol. The van der Waals surface area contributed by atoms with E-state index in [4.69, 9.17) is 14.6 Å². The molecule has 0 saturated carbocycles. The van der Waals surface area contributed by atoms with Gasteiger partial charge in [0, 0.05) is 20.0 Å². The first-order valence-corrected chi connectivity index (χ1v) is 4.33. The molecule has 0 aliphatic rings. The van der Waals surface area contributed by atoms with Crippen LogP contribution < -0.4 is 0 Å². The van der Waals surface area contributed by atoms with Crippen LogP contribution in [0.5, 0.6) is 0 Å². The Morgan fingerprint density at radius 3 is 2.43 bits per heavy atom. The number of aldehydes is 1. The Kier molecular flexibility index (Phi) is 6.07. The Hall–Kier alpha value is -0.940. The maximum Gasteiger partial charge on any atom is 0.303 e. The molecule has 82 valence electrons. The molecule has 5 nitrogen and oxygen atoms in total. The van der Waals surface area contributed by atoms with Crippen LogP contribution in [0.15, 0.2) is 0 Å². The van der Waals surface area contributed by atoms with Crippen LogP contribution in [-0.2, 0) is 19.1 Å². The molecule has 3 atom stereocenters. The van der Waals surface area contributed by atoms with Crippen molar-refractivity contribution in [3.05, 3.63) is 0 Å². The summed E-state index contributed by atoms with van der Waals surface area (Å²) in [5.74, 6) is -0.895. The first kappa shape index (κ1) is 13.1. The Morgan fingerprint density at radius 1 is 1.57 bits per heavy atom. The molecule has 14 heavy (non-hydrogen) atoms. The van der Waals surface area contributed by atoms with E-state index >= 15 is 0 Å². The minimum absolute atomic E-state index is 0.219. The van der Waals surface area contributed by atoms with Crippen molar-refractivity contribution in [1.29, 1.82) is 0 Å². The van der Waals surface area contributed by atoms with Crippen molar-refractivity contribution in [2.75, 3.05) is 13.7 Å². The summed E-state index contributed by atoms with van der Waals surface area (Å²) < 4.78 is 9.67. The Morgan fingerprint density at radius 2 is 2.14 bits per heavy atom. The minimum atomic E-state index is -0.871. The van der Waals surface area contributed by atoms with E-state index in [2.05, 4.69) is 0 Å². The second kappa shape index (κ2) is 6.50. The van der Waals surface area contributed by atoms with E-state index in [-0.39, 0.29) is 12.5 Å². The molecule has 0 aliphatic carbocycles. The van der Waals surface area contributed by atoms with Gasteiger partial charge in [-0.15, -0.1) is 0 Å².